The standard InChI is InChI=1S/C20H18FNO3S/c1-2-25-19(23)10-8-17-12-14-11-16(7-9-18(14)26-17)22-20(24)13-3-5-15(21)6-4-13/h3-7,9,11-12H,2,8,10H2,1H3,(H,22,24). The summed E-state index contributed by atoms with van der Waals surface area (Å²) in [6, 6.07) is 13.1. The number of carbonyl (C=O) groups excluding carboxylic acids is 2. The Morgan fingerprint density at radius 3 is 2.62 bits per heavy atom. The number of ether oxygens (including phenoxy) is 1. The smallest absolute Gasteiger partial charge is 0.306 e. The normalized spacial score (nSPS) is 10.7. The Bertz CT molecular complexity index is 934. The molecule has 4 nitrogen and oxygen atoms in total. The maximum atomic E-state index is 13.0. The minimum atomic E-state index is -0.378. The first-order valence-corrected chi connectivity index (χ1v) is 9.12. The Balaban J connectivity index is 1.69. The quantitative estimate of drug-likeness (QED) is 0.634. The molecule has 0 aliphatic carbocycles. The predicted molar refractivity (Wildman–Crippen MR) is 101 cm³/mol. The van der Waals surface area contributed by atoms with Crippen LogP contribution in [0.25, 0.3) is 10.1 Å². The van der Waals surface area contributed by atoms with E-state index in [1.54, 1.807) is 18.3 Å². The second-order valence-corrected chi connectivity index (χ2v) is 6.90. The molecular formula is C20H18FNO3S. The number of benzene rings is 2. The van der Waals surface area contributed by atoms with Crippen LogP contribution in [0.3, 0.4) is 0 Å². The summed E-state index contributed by atoms with van der Waals surface area (Å²) in [4.78, 5) is 24.8. The molecule has 0 saturated carbocycles. The fourth-order valence-electron chi connectivity index (χ4n) is 2.56. The van der Waals surface area contributed by atoms with Crippen LogP contribution in [0.4, 0.5) is 10.1 Å². The van der Waals surface area contributed by atoms with E-state index in [4.69, 9.17) is 4.74 Å². The highest BCUT2D eigenvalue weighted by molar-refractivity contribution is 7.19. The zero-order chi connectivity index (χ0) is 18.5. The van der Waals surface area contributed by atoms with Crippen LogP contribution >= 0.6 is 11.3 Å². The van der Waals surface area contributed by atoms with Gasteiger partial charge in [0, 0.05) is 20.8 Å². The second kappa shape index (κ2) is 8.10. The number of fused-ring (bicyclic) bond motifs is 1. The van der Waals surface area contributed by atoms with Gasteiger partial charge in [-0.25, -0.2) is 4.39 Å². The van der Waals surface area contributed by atoms with Crippen molar-refractivity contribution in [2.75, 3.05) is 11.9 Å². The lowest BCUT2D eigenvalue weighted by atomic mass is 10.2. The van der Waals surface area contributed by atoms with Gasteiger partial charge in [0.2, 0.25) is 0 Å². The van der Waals surface area contributed by atoms with Gasteiger partial charge in [0.1, 0.15) is 5.82 Å². The Morgan fingerprint density at radius 2 is 1.88 bits per heavy atom. The van der Waals surface area contributed by atoms with E-state index in [2.05, 4.69) is 5.32 Å². The molecule has 0 aliphatic rings. The van der Waals surface area contributed by atoms with E-state index in [1.165, 1.54) is 24.3 Å². The molecule has 1 N–H and O–H groups in total. The minimum absolute atomic E-state index is 0.197. The maximum Gasteiger partial charge on any atom is 0.306 e. The maximum absolute atomic E-state index is 13.0. The fraction of sp³-hybridized carbons (Fsp3) is 0.200. The number of carbonyl (C=O) groups is 2. The van der Waals surface area contributed by atoms with Crippen molar-refractivity contribution in [2.24, 2.45) is 0 Å². The van der Waals surface area contributed by atoms with E-state index in [1.807, 2.05) is 24.3 Å². The van der Waals surface area contributed by atoms with Crippen LogP contribution in [-0.2, 0) is 16.0 Å². The summed E-state index contributed by atoms with van der Waals surface area (Å²) in [6.45, 7) is 2.18. The number of rotatable bonds is 6. The van der Waals surface area contributed by atoms with Crippen molar-refractivity contribution in [2.45, 2.75) is 19.8 Å². The SMILES string of the molecule is CCOC(=O)CCc1cc2cc(NC(=O)c3ccc(F)cc3)ccc2s1. The third kappa shape index (κ3) is 4.46. The van der Waals surface area contributed by atoms with E-state index >= 15 is 0 Å². The van der Waals surface area contributed by atoms with E-state index in [0.717, 1.165) is 15.0 Å². The molecule has 0 aliphatic heterocycles. The molecule has 1 heterocycles. The first kappa shape index (κ1) is 18.1. The van der Waals surface area contributed by atoms with Crippen molar-refractivity contribution >= 4 is 39.0 Å². The Morgan fingerprint density at radius 1 is 1.12 bits per heavy atom. The summed E-state index contributed by atoms with van der Waals surface area (Å²) in [5, 5.41) is 3.82. The molecule has 0 spiro atoms. The van der Waals surface area contributed by atoms with E-state index < -0.39 is 0 Å². The lowest BCUT2D eigenvalue weighted by Crippen LogP contribution is -2.11. The number of anilines is 1. The molecule has 1 amide bonds. The molecule has 1 aromatic heterocycles. The highest BCUT2D eigenvalue weighted by atomic mass is 32.1. The number of thiophene rings is 1. The molecular weight excluding hydrogens is 353 g/mol. The molecule has 0 atom stereocenters. The molecule has 134 valence electrons. The van der Waals surface area contributed by atoms with Crippen molar-refractivity contribution in [3.05, 3.63) is 64.8 Å². The van der Waals surface area contributed by atoms with Crippen molar-refractivity contribution in [3.63, 3.8) is 0 Å². The molecule has 0 unspecified atom stereocenters. The molecule has 26 heavy (non-hydrogen) atoms. The Hall–Kier alpha value is -2.73. The van der Waals surface area contributed by atoms with E-state index in [0.29, 0.717) is 30.7 Å². The molecule has 0 saturated heterocycles. The summed E-state index contributed by atoms with van der Waals surface area (Å²) in [6.07, 6.45) is 0.990. The summed E-state index contributed by atoms with van der Waals surface area (Å²) in [7, 11) is 0. The summed E-state index contributed by atoms with van der Waals surface area (Å²) < 4.78 is 19.0. The van der Waals surface area contributed by atoms with Crippen LogP contribution in [0.2, 0.25) is 0 Å². The van der Waals surface area contributed by atoms with Gasteiger partial charge in [0.05, 0.1) is 13.0 Å². The number of hydrogen-bond donors (Lipinski definition) is 1. The lowest BCUT2D eigenvalue weighted by Gasteiger charge is -2.05. The van der Waals surface area contributed by atoms with Crippen LogP contribution in [0, 0.1) is 5.82 Å². The highest BCUT2D eigenvalue weighted by Crippen LogP contribution is 2.29. The van der Waals surface area contributed by atoms with Gasteiger partial charge in [-0.05, 0) is 67.3 Å². The van der Waals surface area contributed by atoms with Gasteiger partial charge in [-0.2, -0.15) is 0 Å². The second-order valence-electron chi connectivity index (χ2n) is 5.73. The Labute approximate surface area is 154 Å². The van der Waals surface area contributed by atoms with Gasteiger partial charge in [0.15, 0.2) is 0 Å². The number of hydrogen-bond acceptors (Lipinski definition) is 4. The van der Waals surface area contributed by atoms with Gasteiger partial charge in [-0.1, -0.05) is 0 Å². The van der Waals surface area contributed by atoms with Crippen LogP contribution < -0.4 is 5.32 Å². The van der Waals surface area contributed by atoms with Gasteiger partial charge in [-0.15, -0.1) is 11.3 Å². The first-order valence-electron chi connectivity index (χ1n) is 8.30. The van der Waals surface area contributed by atoms with Crippen molar-refractivity contribution < 1.29 is 18.7 Å². The van der Waals surface area contributed by atoms with Crippen molar-refractivity contribution in [1.82, 2.24) is 0 Å². The van der Waals surface area contributed by atoms with Crippen LogP contribution in [0.5, 0.6) is 0 Å². The molecule has 3 rings (SSSR count). The van der Waals surface area contributed by atoms with Crippen molar-refractivity contribution in [3.8, 4) is 0 Å². The molecule has 0 bridgehead atoms. The van der Waals surface area contributed by atoms with E-state index in [9.17, 15) is 14.0 Å². The molecule has 0 radical (unpaired) electrons. The van der Waals surface area contributed by atoms with Gasteiger partial charge in [0.25, 0.3) is 5.91 Å². The number of nitrogens with one attached hydrogen (secondary N) is 1. The van der Waals surface area contributed by atoms with Crippen LogP contribution in [-0.4, -0.2) is 18.5 Å². The van der Waals surface area contributed by atoms with E-state index in [-0.39, 0.29) is 17.7 Å². The number of halogens is 1. The van der Waals surface area contributed by atoms with Gasteiger partial charge in [-0.3, -0.25) is 9.59 Å². The Kier molecular flexibility index (Phi) is 5.63. The third-order valence-electron chi connectivity index (χ3n) is 3.81. The first-order chi connectivity index (χ1) is 12.5. The third-order valence-corrected chi connectivity index (χ3v) is 4.99. The lowest BCUT2D eigenvalue weighted by molar-refractivity contribution is -0.143. The van der Waals surface area contributed by atoms with Crippen molar-refractivity contribution in [1.29, 1.82) is 0 Å². The summed E-state index contributed by atoms with van der Waals surface area (Å²) in [5.74, 6) is -0.865. The predicted octanol–water partition coefficient (Wildman–Crippen LogP) is 4.79. The number of esters is 1. The topological polar surface area (TPSA) is 55.4 Å². The highest BCUT2D eigenvalue weighted by Gasteiger charge is 2.09. The largest absolute Gasteiger partial charge is 0.466 e. The average molecular weight is 371 g/mol. The summed E-state index contributed by atoms with van der Waals surface area (Å²) >= 11 is 1.62. The van der Waals surface area contributed by atoms with Gasteiger partial charge >= 0.3 is 5.97 Å². The van der Waals surface area contributed by atoms with Crippen LogP contribution in [0.1, 0.15) is 28.6 Å². The van der Waals surface area contributed by atoms with Crippen LogP contribution in [0.15, 0.2) is 48.5 Å². The fourth-order valence-corrected chi connectivity index (χ4v) is 3.61. The average Bonchev–Trinajstić information content (AvgIpc) is 3.03. The van der Waals surface area contributed by atoms with Gasteiger partial charge < -0.3 is 10.1 Å². The number of aryl methyl sites for hydroxylation is 1. The minimum Gasteiger partial charge on any atom is -0.466 e. The number of amides is 1. The summed E-state index contributed by atoms with van der Waals surface area (Å²) in [5.41, 5.74) is 1.06. The monoisotopic (exact) mass is 371 g/mol. The molecule has 3 aromatic rings. The zero-order valence-corrected chi connectivity index (χ0v) is 15.1. The molecule has 6 heteroatoms. The zero-order valence-electron chi connectivity index (χ0n) is 14.3. The molecule has 2 aromatic carbocycles. The molecule has 0 fully saturated rings.